The molecule has 0 bridgehead atoms. The van der Waals surface area contributed by atoms with E-state index in [1.165, 1.54) is 5.56 Å². The summed E-state index contributed by atoms with van der Waals surface area (Å²) in [5.41, 5.74) is 2.53. The Morgan fingerprint density at radius 3 is 1.79 bits per heavy atom. The zero-order valence-corrected chi connectivity index (χ0v) is 15.8. The maximum atomic E-state index is 10.8. The number of carboxylic acid groups (broad SMARTS) is 2. The van der Waals surface area contributed by atoms with Crippen molar-refractivity contribution in [2.45, 2.75) is 13.1 Å². The van der Waals surface area contributed by atoms with Crippen LogP contribution >= 0.6 is 0 Å². The highest BCUT2D eigenvalue weighted by atomic mass is 16.6. The second-order valence-electron chi connectivity index (χ2n) is 6.58. The fraction of sp³-hybridized carbons (Fsp3) is 0.300. The number of hydrogen-bond donors (Lipinski definition) is 2. The highest BCUT2D eigenvalue weighted by molar-refractivity contribution is 6.27. The van der Waals surface area contributed by atoms with Gasteiger partial charge in [-0.3, -0.25) is 19.9 Å². The molecule has 1 aliphatic heterocycles. The standard InChI is InChI=1S/C18H21N3O2.C2H2O4/c22-21(23)18-8-4-7-17(13-18)15-20-11-9-19(10-12-20)14-16-5-2-1-3-6-16;3-1(4)2(5)6/h1-8,13H,9-12,14-15H2;(H,3,4)(H,5,6). The Hall–Kier alpha value is -3.30. The van der Waals surface area contributed by atoms with Gasteiger partial charge in [-0.15, -0.1) is 0 Å². The third-order valence-electron chi connectivity index (χ3n) is 4.42. The van der Waals surface area contributed by atoms with Crippen molar-refractivity contribution in [3.05, 3.63) is 75.8 Å². The molecule has 2 N–H and O–H groups in total. The van der Waals surface area contributed by atoms with Gasteiger partial charge in [0.15, 0.2) is 0 Å². The topological polar surface area (TPSA) is 124 Å². The second-order valence-corrected chi connectivity index (χ2v) is 6.58. The van der Waals surface area contributed by atoms with Gasteiger partial charge in [0.2, 0.25) is 0 Å². The predicted octanol–water partition coefficient (Wildman–Crippen LogP) is 2.07. The number of carboxylic acids is 2. The van der Waals surface area contributed by atoms with Crippen molar-refractivity contribution in [3.63, 3.8) is 0 Å². The zero-order chi connectivity index (χ0) is 21.2. The van der Waals surface area contributed by atoms with Crippen LogP contribution in [0.4, 0.5) is 5.69 Å². The van der Waals surface area contributed by atoms with Crippen molar-refractivity contribution in [1.29, 1.82) is 0 Å². The van der Waals surface area contributed by atoms with Crippen LogP contribution in [0.15, 0.2) is 54.6 Å². The molecule has 0 aliphatic carbocycles. The third kappa shape index (κ3) is 7.68. The van der Waals surface area contributed by atoms with Crippen molar-refractivity contribution in [1.82, 2.24) is 9.80 Å². The number of aliphatic carboxylic acids is 2. The first kappa shape index (κ1) is 22.0. The van der Waals surface area contributed by atoms with E-state index in [1.807, 2.05) is 12.1 Å². The monoisotopic (exact) mass is 401 g/mol. The van der Waals surface area contributed by atoms with Crippen LogP contribution in [-0.4, -0.2) is 63.1 Å². The molecule has 2 aromatic rings. The van der Waals surface area contributed by atoms with Gasteiger partial charge in [-0.05, 0) is 11.1 Å². The number of piperazine rings is 1. The van der Waals surface area contributed by atoms with Gasteiger partial charge in [0.25, 0.3) is 5.69 Å². The van der Waals surface area contributed by atoms with Gasteiger partial charge in [0.05, 0.1) is 4.92 Å². The molecule has 1 saturated heterocycles. The number of rotatable bonds is 5. The Morgan fingerprint density at radius 1 is 0.828 bits per heavy atom. The zero-order valence-electron chi connectivity index (χ0n) is 15.8. The van der Waals surface area contributed by atoms with E-state index >= 15 is 0 Å². The number of non-ortho nitro benzene ring substituents is 1. The second kappa shape index (κ2) is 10.9. The van der Waals surface area contributed by atoms with Crippen LogP contribution in [0.1, 0.15) is 11.1 Å². The predicted molar refractivity (Wildman–Crippen MR) is 105 cm³/mol. The summed E-state index contributed by atoms with van der Waals surface area (Å²) in [5.74, 6) is -3.65. The number of benzene rings is 2. The molecule has 1 fully saturated rings. The van der Waals surface area contributed by atoms with Gasteiger partial charge in [-0.1, -0.05) is 42.5 Å². The van der Waals surface area contributed by atoms with Crippen molar-refractivity contribution in [2.75, 3.05) is 26.2 Å². The molecule has 1 heterocycles. The molecule has 29 heavy (non-hydrogen) atoms. The molecule has 1 aliphatic rings. The summed E-state index contributed by atoms with van der Waals surface area (Å²) in [7, 11) is 0. The molecule has 0 amide bonds. The SMILES string of the molecule is O=C(O)C(=O)O.O=[N+]([O-])c1cccc(CN2CCN(Cc3ccccc3)CC2)c1. The normalized spacial score (nSPS) is 14.5. The maximum absolute atomic E-state index is 10.8. The van der Waals surface area contributed by atoms with E-state index in [2.05, 4.69) is 34.1 Å². The van der Waals surface area contributed by atoms with E-state index in [0.717, 1.165) is 44.8 Å². The van der Waals surface area contributed by atoms with Gasteiger partial charge < -0.3 is 10.2 Å². The van der Waals surface area contributed by atoms with Crippen molar-refractivity contribution < 1.29 is 24.7 Å². The maximum Gasteiger partial charge on any atom is 0.414 e. The van der Waals surface area contributed by atoms with Gasteiger partial charge in [-0.2, -0.15) is 0 Å². The Balaban J connectivity index is 0.000000438. The molecule has 0 saturated carbocycles. The van der Waals surface area contributed by atoms with Gasteiger partial charge in [-0.25, -0.2) is 9.59 Å². The highest BCUT2D eigenvalue weighted by Gasteiger charge is 2.17. The third-order valence-corrected chi connectivity index (χ3v) is 4.42. The fourth-order valence-electron chi connectivity index (χ4n) is 2.97. The minimum absolute atomic E-state index is 0.171. The lowest BCUT2D eigenvalue weighted by Crippen LogP contribution is -2.45. The minimum atomic E-state index is -1.82. The summed E-state index contributed by atoms with van der Waals surface area (Å²) >= 11 is 0. The smallest absolute Gasteiger partial charge is 0.414 e. The van der Waals surface area contributed by atoms with Gasteiger partial charge >= 0.3 is 11.9 Å². The molecule has 9 heteroatoms. The molecule has 2 aromatic carbocycles. The van der Waals surface area contributed by atoms with Gasteiger partial charge in [0, 0.05) is 51.4 Å². The first-order chi connectivity index (χ1) is 13.8. The lowest BCUT2D eigenvalue weighted by Gasteiger charge is -2.34. The summed E-state index contributed by atoms with van der Waals surface area (Å²) < 4.78 is 0. The van der Waals surface area contributed by atoms with Crippen LogP contribution in [0.5, 0.6) is 0 Å². The summed E-state index contributed by atoms with van der Waals surface area (Å²) in [6.45, 7) is 5.82. The lowest BCUT2D eigenvalue weighted by atomic mass is 10.1. The Bertz CT molecular complexity index is 823. The quantitative estimate of drug-likeness (QED) is 0.443. The molecule has 0 aromatic heterocycles. The van der Waals surface area contributed by atoms with E-state index < -0.39 is 11.9 Å². The van der Waals surface area contributed by atoms with E-state index in [-0.39, 0.29) is 10.6 Å². The van der Waals surface area contributed by atoms with Crippen molar-refractivity contribution in [2.24, 2.45) is 0 Å². The lowest BCUT2D eigenvalue weighted by molar-refractivity contribution is -0.384. The number of nitro benzene ring substituents is 1. The highest BCUT2D eigenvalue weighted by Crippen LogP contribution is 2.16. The minimum Gasteiger partial charge on any atom is -0.473 e. The molecule has 0 atom stereocenters. The fourth-order valence-corrected chi connectivity index (χ4v) is 2.97. The summed E-state index contributed by atoms with van der Waals surface area (Å²) in [5, 5.41) is 25.6. The van der Waals surface area contributed by atoms with Crippen LogP contribution in [0.2, 0.25) is 0 Å². The molecule has 0 radical (unpaired) electrons. The summed E-state index contributed by atoms with van der Waals surface area (Å²) in [4.78, 5) is 33.5. The Labute approximate surface area is 167 Å². The van der Waals surface area contributed by atoms with E-state index in [0.29, 0.717) is 0 Å². The first-order valence-corrected chi connectivity index (χ1v) is 9.03. The summed E-state index contributed by atoms with van der Waals surface area (Å²) in [6.07, 6.45) is 0. The van der Waals surface area contributed by atoms with Crippen LogP contribution in [0.25, 0.3) is 0 Å². The average Bonchev–Trinajstić information content (AvgIpc) is 2.71. The van der Waals surface area contributed by atoms with E-state index in [4.69, 9.17) is 19.8 Å². The molecular weight excluding hydrogens is 378 g/mol. The number of nitro groups is 1. The van der Waals surface area contributed by atoms with E-state index in [9.17, 15) is 10.1 Å². The number of hydrogen-bond acceptors (Lipinski definition) is 6. The van der Waals surface area contributed by atoms with Crippen LogP contribution in [0, 0.1) is 10.1 Å². The van der Waals surface area contributed by atoms with Gasteiger partial charge in [0.1, 0.15) is 0 Å². The van der Waals surface area contributed by atoms with Crippen LogP contribution < -0.4 is 0 Å². The van der Waals surface area contributed by atoms with Crippen LogP contribution in [0.3, 0.4) is 0 Å². The Kier molecular flexibility index (Phi) is 8.26. The molecule has 3 rings (SSSR count). The average molecular weight is 401 g/mol. The first-order valence-electron chi connectivity index (χ1n) is 9.03. The molecule has 154 valence electrons. The molecule has 0 unspecified atom stereocenters. The molecule has 0 spiro atoms. The summed E-state index contributed by atoms with van der Waals surface area (Å²) in [6, 6.07) is 17.5. The number of carbonyl (C=O) groups is 2. The van der Waals surface area contributed by atoms with Crippen LogP contribution in [-0.2, 0) is 22.7 Å². The van der Waals surface area contributed by atoms with E-state index in [1.54, 1.807) is 18.2 Å². The molecule has 9 nitrogen and oxygen atoms in total. The molecular formula is C20H23N3O6. The number of nitrogens with zero attached hydrogens (tertiary/aromatic N) is 3. The largest absolute Gasteiger partial charge is 0.473 e. The van der Waals surface area contributed by atoms with Crippen molar-refractivity contribution >= 4 is 17.6 Å². The Morgan fingerprint density at radius 2 is 1.31 bits per heavy atom. The van der Waals surface area contributed by atoms with Crippen molar-refractivity contribution in [3.8, 4) is 0 Å².